The number of likely N-dealkylation sites (N-methyl/N-ethyl adjacent to an activating group) is 1. The summed E-state index contributed by atoms with van der Waals surface area (Å²) in [6.07, 6.45) is 8.25. The highest BCUT2D eigenvalue weighted by Gasteiger charge is 2.76. The molecule has 4 fully saturated rings. The zero-order valence-corrected chi connectivity index (χ0v) is 86.2. The number of urea groups is 1. The number of nitrogens with zero attached hydrogens (tertiary/aromatic N) is 4. The molecule has 3 aromatic carbocycles. The van der Waals surface area contributed by atoms with Crippen molar-refractivity contribution in [1.29, 1.82) is 5.53 Å². The largest absolute Gasteiger partial charge is 0.445 e. The SMILES string of the molecule is CCCC1O[C@@H]2CC3[C@@H]4CCC5=CC(=O)C=C[C@]5(C)C4[C@@H](O)C[C@]3(C)[C@]2(C(=O)CNC(=O)OCc2ccc(NC(=O)CCCCN(C(N)=O)C3CC/C(NCCOCCOCCOCCOCCC(=O)NCC[N+](C)(C)C)=C(/N=N)C(OCC(=O)NCCCC[C@@H](NC(=O)CCOCCOCCOCCOCCNC(=O)CCC(=O)N4Cc5ccccc5C#Cc5ccccc54)C(=O)N[C@H](C(N)=O)C(C)C)CC3)cc2)O1. The summed E-state index contributed by atoms with van der Waals surface area (Å²) in [5.74, 6) is 2.30. The first-order valence-electron chi connectivity index (χ1n) is 51.7. The Bertz CT molecular complexity index is 4980. The van der Waals surface area contributed by atoms with E-state index < -0.39 is 108 Å². The first-order valence-corrected chi connectivity index (χ1v) is 51.7. The normalized spacial score (nSPS) is 22.7. The number of rotatable bonds is 65. The van der Waals surface area contributed by atoms with Crippen molar-refractivity contribution >= 4 is 82.3 Å². The van der Waals surface area contributed by atoms with Crippen LogP contribution in [0.1, 0.15) is 185 Å². The number of amides is 11. The third kappa shape index (κ3) is 35.6. The number of carbonyl (C=O) groups is 12. The van der Waals surface area contributed by atoms with Crippen molar-refractivity contribution in [1.82, 2.24) is 42.1 Å². The molecule has 1 saturated heterocycles. The van der Waals surface area contributed by atoms with E-state index >= 15 is 0 Å². The fraction of sp³-hybridized carbons (Fsp3) is 0.642. The second kappa shape index (κ2) is 59.8. The quantitative estimate of drug-likeness (QED) is 0.0114. The van der Waals surface area contributed by atoms with Crippen LogP contribution in [0.2, 0.25) is 0 Å². The lowest BCUT2D eigenvalue weighted by Gasteiger charge is -2.59. The molecule has 3 saturated carbocycles. The number of ether oxygens (including phenoxy) is 12. The van der Waals surface area contributed by atoms with Crippen LogP contribution in [-0.2, 0) is 118 Å². The number of ketones is 2. The van der Waals surface area contributed by atoms with Crippen LogP contribution in [0.5, 0.6) is 0 Å². The number of anilines is 2. The standard InChI is InChI=1S/C106H155N15O25/c1-9-18-96-145-89-66-82-81-34-29-77-65-80(122)39-42-104(77,4)97(81)86(123)67-105(82,5)106(89,146-96)88(124)68-114-103(134)144-70-73-25-30-78(31-26-73)115-92(127)24-15-17-47-119(102(108)133)79-32-35-83(110-45-51-137-55-59-141-63-61-139-57-53-135-49-40-91(126)112-44-48-121(6,7)8)99(118-109)87(36-33-79)143-71-94(129)111-43-16-14-22-84(101(132)117-98(72(2)3)100(107)131)116-93(128)41-50-136-54-58-140-62-64-142-60-56-138-52-46-113-90(125)37-38-95(130)120-69-76-21-11-10-19-74(76)27-28-75-20-12-13-23-85(75)120/h10-13,19-21,23,25-26,30-31,39,42,65,72,79,81-82,84,86-87,89,96-98,123H,9,14-18,22,24,29,32-38,40-41,43-64,66-71H2,1-8H3,(H12-,107,108,109,110,111,112,113,114,115,116,117,125,126,127,128,129,131,132,133,134)/p+1/t79?,81-,82?,84+,86-,87?,89+,96?,97?,98-,104-,105-,106+/m0/s1. The summed E-state index contributed by atoms with van der Waals surface area (Å²) in [7, 11) is 6.18. The second-order valence-corrected chi connectivity index (χ2v) is 39.8. The van der Waals surface area contributed by atoms with Crippen molar-refractivity contribution in [2.75, 3.05) is 189 Å². The van der Waals surface area contributed by atoms with Gasteiger partial charge in [-0.3, -0.25) is 47.9 Å². The molecule has 2 aliphatic heterocycles. The van der Waals surface area contributed by atoms with E-state index in [0.717, 1.165) is 46.1 Å². The van der Waals surface area contributed by atoms with E-state index in [1.165, 1.54) is 0 Å². The van der Waals surface area contributed by atoms with Gasteiger partial charge in [0.2, 0.25) is 47.3 Å². The van der Waals surface area contributed by atoms with Crippen molar-refractivity contribution in [3.8, 4) is 11.8 Å². The Morgan fingerprint density at radius 1 is 0.658 bits per heavy atom. The van der Waals surface area contributed by atoms with Gasteiger partial charge in [-0.25, -0.2) is 15.1 Å². The zero-order valence-electron chi connectivity index (χ0n) is 86.2. The highest BCUT2D eigenvalue weighted by atomic mass is 16.7. The van der Waals surface area contributed by atoms with E-state index in [1.54, 1.807) is 60.1 Å². The molecule has 40 heteroatoms. The number of benzene rings is 3. The Labute approximate surface area is 856 Å². The average molecular weight is 2040 g/mol. The van der Waals surface area contributed by atoms with Gasteiger partial charge in [0.05, 0.1) is 171 Å². The van der Waals surface area contributed by atoms with Gasteiger partial charge in [-0.2, -0.15) is 5.11 Å². The summed E-state index contributed by atoms with van der Waals surface area (Å²) in [5, 5.41) is 39.0. The van der Waals surface area contributed by atoms with Crippen LogP contribution in [0.15, 0.2) is 113 Å². The van der Waals surface area contributed by atoms with Gasteiger partial charge in [0, 0.05) is 104 Å². The lowest BCUT2D eigenvalue weighted by atomic mass is 9.46. The van der Waals surface area contributed by atoms with E-state index in [2.05, 4.69) is 87.6 Å². The number of nitrogens with two attached hydrogens (primary N) is 2. The maximum absolute atomic E-state index is 14.8. The Morgan fingerprint density at radius 2 is 1.28 bits per heavy atom. The molecule has 0 radical (unpaired) electrons. The number of primary amides is 2. The molecule has 10 rings (SSSR count). The Hall–Kier alpha value is -11.0. The topological polar surface area (TPSA) is 527 Å². The fourth-order valence-electron chi connectivity index (χ4n) is 20.4. The average Bonchev–Trinajstić information content (AvgIpc) is 1.51. The van der Waals surface area contributed by atoms with E-state index in [0.29, 0.717) is 126 Å². The molecule has 2 heterocycles. The number of carbonyl (C=O) groups excluding carboxylic acids is 12. The van der Waals surface area contributed by atoms with Crippen LogP contribution in [0.4, 0.5) is 21.0 Å². The molecule has 5 unspecified atom stereocenters. The summed E-state index contributed by atoms with van der Waals surface area (Å²) in [6.45, 7) is 15.3. The predicted molar refractivity (Wildman–Crippen MR) is 540 cm³/mol. The lowest BCUT2D eigenvalue weighted by molar-refractivity contribution is -0.869. The lowest BCUT2D eigenvalue weighted by Crippen LogP contribution is -2.64. The number of Topliss-reactive ketones (excluding diaryl/α,β-unsaturated/α-hetero) is 1. The van der Waals surface area contributed by atoms with Crippen LogP contribution in [-0.4, -0.2) is 313 Å². The van der Waals surface area contributed by atoms with Crippen molar-refractivity contribution in [2.45, 2.75) is 225 Å². The minimum absolute atomic E-state index is 0.00754. The Kier molecular flexibility index (Phi) is 47.9. The number of hydrogen-bond acceptors (Lipinski definition) is 28. The predicted octanol–water partition coefficient (Wildman–Crippen LogP) is 7.28. The smallest absolute Gasteiger partial charge is 0.407 e. The molecular weight excluding hydrogens is 1880 g/mol. The van der Waals surface area contributed by atoms with Gasteiger partial charge >= 0.3 is 12.1 Å². The molecule has 11 amide bonds. The van der Waals surface area contributed by atoms with Crippen LogP contribution >= 0.6 is 0 Å². The summed E-state index contributed by atoms with van der Waals surface area (Å²) >= 11 is 0. The van der Waals surface area contributed by atoms with Gasteiger partial charge < -0.3 is 130 Å². The van der Waals surface area contributed by atoms with Gasteiger partial charge in [-0.1, -0.05) is 107 Å². The highest BCUT2D eigenvalue weighted by Crippen LogP contribution is 2.70. The molecular formula is C106H156N15O25+. The molecule has 14 N–H and O–H groups in total. The molecule has 804 valence electrons. The minimum atomic E-state index is -1.43. The van der Waals surface area contributed by atoms with Gasteiger partial charge in [0.1, 0.15) is 37.1 Å². The summed E-state index contributed by atoms with van der Waals surface area (Å²) in [4.78, 5) is 162. The zero-order chi connectivity index (χ0) is 105. The molecule has 5 aliphatic carbocycles. The van der Waals surface area contributed by atoms with Crippen LogP contribution in [0, 0.1) is 51.9 Å². The number of fused-ring (bicyclic) bond motifs is 9. The molecule has 40 nitrogen and oxygen atoms in total. The molecule has 7 aliphatic rings. The third-order valence-corrected chi connectivity index (χ3v) is 28.0. The number of unbranched alkanes of at least 4 members (excludes halogenated alkanes) is 2. The first kappa shape index (κ1) is 117. The number of allylic oxidation sites excluding steroid dienone is 5. The van der Waals surface area contributed by atoms with Crippen LogP contribution < -0.4 is 58.9 Å². The maximum Gasteiger partial charge on any atom is 0.407 e. The number of alkyl carbamates (subject to hydrolysis) is 1. The number of quaternary nitrogens is 1. The van der Waals surface area contributed by atoms with E-state index in [-0.39, 0.29) is 228 Å². The van der Waals surface area contributed by atoms with Gasteiger partial charge in [-0.05, 0) is 161 Å². The van der Waals surface area contributed by atoms with Gasteiger partial charge in [0.15, 0.2) is 23.5 Å². The van der Waals surface area contributed by atoms with Crippen molar-refractivity contribution < 1.29 is 124 Å². The summed E-state index contributed by atoms with van der Waals surface area (Å²) in [6, 6.07) is 18.7. The minimum Gasteiger partial charge on any atom is -0.445 e. The monoisotopic (exact) mass is 2040 g/mol. The number of hydrogen-bond donors (Lipinski definition) is 12. The summed E-state index contributed by atoms with van der Waals surface area (Å²) < 4.78 is 71.2. The molecule has 0 aromatic heterocycles. The second-order valence-electron chi connectivity index (χ2n) is 39.8. The molecule has 146 heavy (non-hydrogen) atoms. The summed E-state index contributed by atoms with van der Waals surface area (Å²) in [5.41, 5.74) is 23.6. The van der Waals surface area contributed by atoms with E-state index in [9.17, 15) is 62.6 Å². The fourth-order valence-corrected chi connectivity index (χ4v) is 20.4. The van der Waals surface area contributed by atoms with Gasteiger partial charge in [-0.15, -0.1) is 0 Å². The number of aliphatic hydroxyl groups excluding tert-OH is 1. The third-order valence-electron chi connectivity index (χ3n) is 28.0. The first-order chi connectivity index (χ1) is 70.2. The highest BCUT2D eigenvalue weighted by molar-refractivity contribution is 6.01. The van der Waals surface area contributed by atoms with Crippen molar-refractivity contribution in [3.63, 3.8) is 0 Å². The number of para-hydroxylation sites is 1. The maximum atomic E-state index is 14.8. The van der Waals surface area contributed by atoms with E-state index in [4.69, 9.17) is 73.8 Å². The van der Waals surface area contributed by atoms with E-state index in [1.807, 2.05) is 68.5 Å². The van der Waals surface area contributed by atoms with Crippen LogP contribution in [0.3, 0.4) is 0 Å². The molecule has 3 aromatic rings. The van der Waals surface area contributed by atoms with Crippen molar-refractivity contribution in [2.24, 2.45) is 51.1 Å². The Balaban J connectivity index is 0.627. The molecule has 0 spiro atoms. The van der Waals surface area contributed by atoms with Crippen molar-refractivity contribution in [3.05, 3.63) is 130 Å². The number of nitrogens with one attached hydrogen (secondary N) is 9. The van der Waals surface area contributed by atoms with Gasteiger partial charge in [0.25, 0.3) is 0 Å². The molecule has 13 atom stereocenters. The number of aliphatic hydroxyl groups is 1. The Morgan fingerprint density at radius 3 is 1.94 bits per heavy atom. The molecule has 0 bridgehead atoms. The van der Waals surface area contributed by atoms with Crippen LogP contribution in [0.25, 0.3) is 0 Å².